The molecule has 0 aromatic heterocycles. The number of halogens is 1. The quantitative estimate of drug-likeness (QED) is 0.642. The van der Waals surface area contributed by atoms with E-state index in [9.17, 15) is 4.39 Å². The molecule has 1 atom stereocenters. The highest BCUT2D eigenvalue weighted by Gasteiger charge is 2.32. The van der Waals surface area contributed by atoms with Gasteiger partial charge in [0.05, 0.1) is 0 Å². The number of nitrogens with one attached hydrogen (secondary N) is 1. The molecule has 0 amide bonds. The lowest BCUT2D eigenvalue weighted by Gasteiger charge is -2.38. The second-order valence-corrected chi connectivity index (χ2v) is 6.65. The normalized spacial score (nSPS) is 21.3. The van der Waals surface area contributed by atoms with E-state index in [2.05, 4.69) is 19.3 Å². The van der Waals surface area contributed by atoms with Crippen LogP contribution in [0.3, 0.4) is 0 Å². The first kappa shape index (κ1) is 14.5. The molecular weight excluding hydrogens is 239 g/mol. The van der Waals surface area contributed by atoms with Crippen molar-refractivity contribution in [2.75, 3.05) is 0 Å². The van der Waals surface area contributed by atoms with E-state index in [1.807, 2.05) is 13.0 Å². The highest BCUT2D eigenvalue weighted by molar-refractivity contribution is 5.30. The molecule has 1 aromatic rings. The fraction of sp³-hybridized carbons (Fsp3) is 0.625. The van der Waals surface area contributed by atoms with Crippen LogP contribution in [0.1, 0.15) is 56.7 Å². The minimum Gasteiger partial charge on any atom is -0.271 e. The van der Waals surface area contributed by atoms with Gasteiger partial charge in [-0.1, -0.05) is 19.9 Å². The third kappa shape index (κ3) is 3.34. The monoisotopic (exact) mass is 264 g/mol. The van der Waals surface area contributed by atoms with Gasteiger partial charge in [-0.25, -0.2) is 4.39 Å². The van der Waals surface area contributed by atoms with Crippen LogP contribution in [0.4, 0.5) is 4.39 Å². The molecule has 1 aliphatic rings. The average Bonchev–Trinajstić information content (AvgIpc) is 2.36. The minimum atomic E-state index is -0.183. The van der Waals surface area contributed by atoms with Crippen LogP contribution in [-0.2, 0) is 0 Å². The summed E-state index contributed by atoms with van der Waals surface area (Å²) in [6.07, 6.45) is 4.73. The highest BCUT2D eigenvalue weighted by atomic mass is 19.1. The summed E-state index contributed by atoms with van der Waals surface area (Å²) in [6, 6.07) is 5.03. The maximum atomic E-state index is 13.5. The number of aryl methyl sites for hydroxylation is 1. The molecule has 1 aromatic carbocycles. The van der Waals surface area contributed by atoms with Crippen molar-refractivity contribution in [1.29, 1.82) is 0 Å². The van der Waals surface area contributed by atoms with E-state index in [0.29, 0.717) is 11.3 Å². The molecule has 3 N–H and O–H groups in total. The van der Waals surface area contributed by atoms with E-state index in [1.54, 1.807) is 6.07 Å². The van der Waals surface area contributed by atoms with Gasteiger partial charge in [0.15, 0.2) is 0 Å². The summed E-state index contributed by atoms with van der Waals surface area (Å²) < 4.78 is 13.5. The average molecular weight is 264 g/mol. The van der Waals surface area contributed by atoms with Crippen LogP contribution in [0.25, 0.3) is 0 Å². The van der Waals surface area contributed by atoms with Crippen LogP contribution in [-0.4, -0.2) is 0 Å². The van der Waals surface area contributed by atoms with Crippen LogP contribution in [0.5, 0.6) is 0 Å². The Balaban J connectivity index is 2.18. The third-order valence-electron chi connectivity index (χ3n) is 4.61. The molecule has 1 aliphatic carbocycles. The summed E-state index contributed by atoms with van der Waals surface area (Å²) in [7, 11) is 0. The topological polar surface area (TPSA) is 38.0 Å². The molecule has 106 valence electrons. The van der Waals surface area contributed by atoms with Gasteiger partial charge in [-0.05, 0) is 67.2 Å². The van der Waals surface area contributed by atoms with Crippen LogP contribution in [0, 0.1) is 24.1 Å². The number of hydrazine groups is 1. The van der Waals surface area contributed by atoms with Gasteiger partial charge in [-0.15, -0.1) is 0 Å². The van der Waals surface area contributed by atoms with Gasteiger partial charge in [-0.2, -0.15) is 0 Å². The Morgan fingerprint density at radius 2 is 1.95 bits per heavy atom. The largest absolute Gasteiger partial charge is 0.271 e. The van der Waals surface area contributed by atoms with E-state index < -0.39 is 0 Å². The third-order valence-corrected chi connectivity index (χ3v) is 4.61. The summed E-state index contributed by atoms with van der Waals surface area (Å²) in [6.45, 7) is 6.66. The number of benzene rings is 1. The van der Waals surface area contributed by atoms with Gasteiger partial charge >= 0.3 is 0 Å². The van der Waals surface area contributed by atoms with E-state index in [0.717, 1.165) is 24.0 Å². The molecule has 3 heteroatoms. The maximum absolute atomic E-state index is 13.5. The Bertz CT molecular complexity index is 432. The Hall–Kier alpha value is -0.930. The van der Waals surface area contributed by atoms with Crippen LogP contribution < -0.4 is 11.3 Å². The Morgan fingerprint density at radius 1 is 1.32 bits per heavy atom. The van der Waals surface area contributed by atoms with Gasteiger partial charge < -0.3 is 0 Å². The van der Waals surface area contributed by atoms with Gasteiger partial charge in [0.1, 0.15) is 5.82 Å². The lowest BCUT2D eigenvalue weighted by Crippen LogP contribution is -2.37. The number of hydrogen-bond donors (Lipinski definition) is 2. The molecule has 2 rings (SSSR count). The number of nitrogens with two attached hydrogens (primary N) is 1. The predicted molar refractivity (Wildman–Crippen MR) is 76.9 cm³/mol. The van der Waals surface area contributed by atoms with Crippen LogP contribution in [0.15, 0.2) is 18.2 Å². The summed E-state index contributed by atoms with van der Waals surface area (Å²) in [5.74, 6) is 6.07. The van der Waals surface area contributed by atoms with Gasteiger partial charge in [0.2, 0.25) is 0 Å². The number of rotatable bonds is 3. The molecule has 2 nitrogen and oxygen atoms in total. The van der Waals surface area contributed by atoms with Crippen LogP contribution >= 0.6 is 0 Å². The van der Waals surface area contributed by atoms with Crippen molar-refractivity contribution in [1.82, 2.24) is 5.43 Å². The minimum absolute atomic E-state index is 0.0619. The van der Waals surface area contributed by atoms with Crippen molar-refractivity contribution in [2.24, 2.45) is 17.2 Å². The highest BCUT2D eigenvalue weighted by Crippen LogP contribution is 2.43. The SMILES string of the molecule is Cc1ccc(F)cc1C(NN)C1CCC(C)(C)CC1. The first-order chi connectivity index (χ1) is 8.93. The zero-order valence-corrected chi connectivity index (χ0v) is 12.2. The zero-order valence-electron chi connectivity index (χ0n) is 12.2. The molecular formula is C16H25FN2. The van der Waals surface area contributed by atoms with Crippen molar-refractivity contribution in [3.05, 3.63) is 35.1 Å². The first-order valence-electron chi connectivity index (χ1n) is 7.15. The van der Waals surface area contributed by atoms with Crippen molar-refractivity contribution in [2.45, 2.75) is 52.5 Å². The fourth-order valence-electron chi connectivity index (χ4n) is 3.18. The maximum Gasteiger partial charge on any atom is 0.123 e. The van der Waals surface area contributed by atoms with Crippen molar-refractivity contribution >= 4 is 0 Å². The Labute approximate surface area is 115 Å². The van der Waals surface area contributed by atoms with Crippen molar-refractivity contribution in [3.63, 3.8) is 0 Å². The second kappa shape index (κ2) is 5.59. The molecule has 1 saturated carbocycles. The molecule has 19 heavy (non-hydrogen) atoms. The van der Waals surface area contributed by atoms with Gasteiger partial charge in [0, 0.05) is 6.04 Å². The van der Waals surface area contributed by atoms with Crippen molar-refractivity contribution in [3.8, 4) is 0 Å². The lowest BCUT2D eigenvalue weighted by molar-refractivity contribution is 0.161. The molecule has 1 fully saturated rings. The van der Waals surface area contributed by atoms with Crippen LogP contribution in [0.2, 0.25) is 0 Å². The van der Waals surface area contributed by atoms with E-state index in [4.69, 9.17) is 5.84 Å². The summed E-state index contributed by atoms with van der Waals surface area (Å²) in [5.41, 5.74) is 5.47. The van der Waals surface area contributed by atoms with Gasteiger partial charge in [-0.3, -0.25) is 11.3 Å². The molecule has 0 radical (unpaired) electrons. The van der Waals surface area contributed by atoms with E-state index in [-0.39, 0.29) is 11.9 Å². The molecule has 0 aliphatic heterocycles. The molecule has 0 saturated heterocycles. The molecule has 1 unspecified atom stereocenters. The summed E-state index contributed by atoms with van der Waals surface area (Å²) in [4.78, 5) is 0. The summed E-state index contributed by atoms with van der Waals surface area (Å²) >= 11 is 0. The smallest absolute Gasteiger partial charge is 0.123 e. The predicted octanol–water partition coefficient (Wildman–Crippen LogP) is 3.85. The Morgan fingerprint density at radius 3 is 2.53 bits per heavy atom. The summed E-state index contributed by atoms with van der Waals surface area (Å²) in [5, 5.41) is 0. The van der Waals surface area contributed by atoms with E-state index in [1.165, 1.54) is 18.9 Å². The zero-order chi connectivity index (χ0) is 14.0. The number of hydrogen-bond acceptors (Lipinski definition) is 2. The van der Waals surface area contributed by atoms with Crippen molar-refractivity contribution < 1.29 is 4.39 Å². The fourth-order valence-corrected chi connectivity index (χ4v) is 3.18. The van der Waals surface area contributed by atoms with Gasteiger partial charge in [0.25, 0.3) is 0 Å². The lowest BCUT2D eigenvalue weighted by atomic mass is 9.70. The standard InChI is InChI=1S/C16H25FN2/c1-11-4-5-13(17)10-14(11)15(19-18)12-6-8-16(2,3)9-7-12/h4-5,10,12,15,19H,6-9,18H2,1-3H3. The molecule has 0 heterocycles. The van der Waals surface area contributed by atoms with E-state index >= 15 is 0 Å². The Kier molecular flexibility index (Phi) is 4.26. The molecule has 0 spiro atoms. The first-order valence-corrected chi connectivity index (χ1v) is 7.15. The molecule has 0 bridgehead atoms. The second-order valence-electron chi connectivity index (χ2n) is 6.65.